The van der Waals surface area contributed by atoms with Crippen molar-refractivity contribution >= 4 is 17.7 Å². The number of amides is 1. The molecule has 1 atom stereocenters. The number of hydrogen-bond donors (Lipinski definition) is 1. The number of anilines is 1. The highest BCUT2D eigenvalue weighted by Gasteiger charge is 2.29. The van der Waals surface area contributed by atoms with Crippen LogP contribution >= 0.6 is 0 Å². The van der Waals surface area contributed by atoms with E-state index >= 15 is 0 Å². The molecular weight excluding hydrogens is 220 g/mol. The molecule has 1 aliphatic heterocycles. The van der Waals surface area contributed by atoms with E-state index in [0.717, 1.165) is 0 Å². The Labute approximate surface area is 98.4 Å². The molecular formula is C12H12N2O3. The maximum Gasteiger partial charge on any atom is 0.354 e. The Morgan fingerprint density at radius 3 is 2.94 bits per heavy atom. The number of carboxylic acids is 1. The summed E-state index contributed by atoms with van der Waals surface area (Å²) in [6.45, 7) is 4.17. The Balaban J connectivity index is 2.28. The van der Waals surface area contributed by atoms with Gasteiger partial charge in [0.05, 0.1) is 0 Å². The molecule has 0 spiro atoms. The average Bonchev–Trinajstić information content (AvgIpc) is 2.71. The van der Waals surface area contributed by atoms with Crippen molar-refractivity contribution in [3.8, 4) is 0 Å². The lowest BCUT2D eigenvalue weighted by Crippen LogP contribution is -2.25. The summed E-state index contributed by atoms with van der Waals surface area (Å²) in [5.74, 6) is -0.652. The highest BCUT2D eigenvalue weighted by atomic mass is 16.4. The number of carbonyl (C=O) groups excluding carboxylic acids is 1. The van der Waals surface area contributed by atoms with Crippen molar-refractivity contribution in [3.63, 3.8) is 0 Å². The van der Waals surface area contributed by atoms with Crippen LogP contribution in [0.15, 0.2) is 30.9 Å². The fourth-order valence-electron chi connectivity index (χ4n) is 1.81. The van der Waals surface area contributed by atoms with Gasteiger partial charge in [-0.2, -0.15) is 0 Å². The third-order valence-corrected chi connectivity index (χ3v) is 2.72. The van der Waals surface area contributed by atoms with Crippen molar-refractivity contribution in [2.45, 2.75) is 6.42 Å². The topological polar surface area (TPSA) is 70.5 Å². The van der Waals surface area contributed by atoms with E-state index in [1.54, 1.807) is 18.2 Å². The van der Waals surface area contributed by atoms with Crippen LogP contribution in [0.2, 0.25) is 0 Å². The third kappa shape index (κ3) is 2.18. The van der Waals surface area contributed by atoms with Gasteiger partial charge in [-0.3, -0.25) is 9.69 Å². The zero-order valence-electron chi connectivity index (χ0n) is 9.17. The molecule has 5 nitrogen and oxygen atoms in total. The number of rotatable bonds is 3. The SMILES string of the molecule is C=CC1CC(=O)N(c2cccc(C(=O)O)n2)C1. The van der Waals surface area contributed by atoms with E-state index in [-0.39, 0.29) is 17.5 Å². The first-order valence-corrected chi connectivity index (χ1v) is 5.25. The third-order valence-electron chi connectivity index (χ3n) is 2.72. The zero-order chi connectivity index (χ0) is 12.4. The van der Waals surface area contributed by atoms with Crippen LogP contribution in [0.1, 0.15) is 16.9 Å². The molecule has 1 N–H and O–H groups in total. The highest BCUT2D eigenvalue weighted by Crippen LogP contribution is 2.24. The smallest absolute Gasteiger partial charge is 0.354 e. The Kier molecular flexibility index (Phi) is 2.91. The first kappa shape index (κ1) is 11.3. The van der Waals surface area contributed by atoms with E-state index in [2.05, 4.69) is 11.6 Å². The van der Waals surface area contributed by atoms with E-state index in [1.165, 1.54) is 11.0 Å². The van der Waals surface area contributed by atoms with Crippen molar-refractivity contribution in [1.82, 2.24) is 4.98 Å². The molecule has 0 aromatic carbocycles. The molecule has 1 unspecified atom stereocenters. The van der Waals surface area contributed by atoms with Crippen molar-refractivity contribution in [3.05, 3.63) is 36.5 Å². The molecule has 0 saturated carbocycles. The Hall–Kier alpha value is -2.17. The van der Waals surface area contributed by atoms with Gasteiger partial charge in [-0.05, 0) is 12.1 Å². The molecule has 5 heteroatoms. The van der Waals surface area contributed by atoms with Gasteiger partial charge >= 0.3 is 5.97 Å². The number of pyridine rings is 1. The van der Waals surface area contributed by atoms with Crippen LogP contribution in [-0.4, -0.2) is 28.5 Å². The molecule has 1 aliphatic rings. The van der Waals surface area contributed by atoms with E-state index < -0.39 is 5.97 Å². The monoisotopic (exact) mass is 232 g/mol. The molecule has 88 valence electrons. The number of aromatic nitrogens is 1. The Morgan fingerprint density at radius 2 is 2.35 bits per heavy atom. The number of hydrogen-bond acceptors (Lipinski definition) is 3. The minimum Gasteiger partial charge on any atom is -0.477 e. The molecule has 0 radical (unpaired) electrons. The summed E-state index contributed by atoms with van der Waals surface area (Å²) in [6, 6.07) is 4.62. The lowest BCUT2D eigenvalue weighted by molar-refractivity contribution is -0.117. The van der Waals surface area contributed by atoms with Crippen molar-refractivity contribution in [2.24, 2.45) is 5.92 Å². The van der Waals surface area contributed by atoms with Gasteiger partial charge in [-0.25, -0.2) is 9.78 Å². The summed E-state index contributed by atoms with van der Waals surface area (Å²) in [5, 5.41) is 8.83. The van der Waals surface area contributed by atoms with Gasteiger partial charge in [0.25, 0.3) is 0 Å². The van der Waals surface area contributed by atoms with Crippen LogP contribution in [0.5, 0.6) is 0 Å². The predicted octanol–water partition coefficient (Wildman–Crippen LogP) is 1.32. The second-order valence-electron chi connectivity index (χ2n) is 3.89. The summed E-state index contributed by atoms with van der Waals surface area (Å²) in [4.78, 5) is 27.9. The van der Waals surface area contributed by atoms with E-state index in [0.29, 0.717) is 18.8 Å². The first-order valence-electron chi connectivity index (χ1n) is 5.25. The van der Waals surface area contributed by atoms with E-state index in [9.17, 15) is 9.59 Å². The molecule has 0 bridgehead atoms. The summed E-state index contributed by atoms with van der Waals surface area (Å²) < 4.78 is 0. The fraction of sp³-hybridized carbons (Fsp3) is 0.250. The second kappa shape index (κ2) is 4.37. The van der Waals surface area contributed by atoms with Crippen LogP contribution in [0.4, 0.5) is 5.82 Å². The number of nitrogens with zero attached hydrogens (tertiary/aromatic N) is 2. The zero-order valence-corrected chi connectivity index (χ0v) is 9.17. The molecule has 1 fully saturated rings. The van der Waals surface area contributed by atoms with Gasteiger partial charge in [0.1, 0.15) is 5.82 Å². The Morgan fingerprint density at radius 1 is 1.59 bits per heavy atom. The number of carboxylic acid groups (broad SMARTS) is 1. The van der Waals surface area contributed by atoms with Crippen molar-refractivity contribution in [2.75, 3.05) is 11.4 Å². The van der Waals surface area contributed by atoms with Gasteiger partial charge < -0.3 is 5.11 Å². The average molecular weight is 232 g/mol. The van der Waals surface area contributed by atoms with Crippen LogP contribution < -0.4 is 4.90 Å². The first-order chi connectivity index (χ1) is 8.11. The minimum absolute atomic E-state index is 0.0510. The molecule has 1 saturated heterocycles. The molecule has 2 rings (SSSR count). The van der Waals surface area contributed by atoms with Crippen LogP contribution in [0, 0.1) is 5.92 Å². The molecule has 0 aliphatic carbocycles. The summed E-state index contributed by atoms with van der Waals surface area (Å²) in [7, 11) is 0. The van der Waals surface area contributed by atoms with E-state index in [1.807, 2.05) is 0 Å². The normalized spacial score (nSPS) is 19.4. The number of aromatic carboxylic acids is 1. The van der Waals surface area contributed by atoms with E-state index in [4.69, 9.17) is 5.11 Å². The van der Waals surface area contributed by atoms with Gasteiger partial charge in [0.15, 0.2) is 5.69 Å². The highest BCUT2D eigenvalue weighted by molar-refractivity contribution is 5.95. The maximum atomic E-state index is 11.7. The second-order valence-corrected chi connectivity index (χ2v) is 3.89. The van der Waals surface area contributed by atoms with Gasteiger partial charge in [-0.15, -0.1) is 6.58 Å². The molecule has 1 aromatic rings. The Bertz CT molecular complexity index is 484. The minimum atomic E-state index is -1.10. The number of carbonyl (C=O) groups is 2. The molecule has 1 amide bonds. The standard InChI is InChI=1S/C12H12N2O3/c1-2-8-6-11(15)14(7-8)10-5-3-4-9(13-10)12(16)17/h2-5,8H,1,6-7H2,(H,16,17). The van der Waals surface area contributed by atoms with Crippen molar-refractivity contribution in [1.29, 1.82) is 0 Å². The molecule has 1 aromatic heterocycles. The summed E-state index contributed by atoms with van der Waals surface area (Å²) in [5.41, 5.74) is -0.0580. The van der Waals surface area contributed by atoms with Gasteiger partial charge in [0.2, 0.25) is 5.91 Å². The van der Waals surface area contributed by atoms with Crippen LogP contribution in [-0.2, 0) is 4.79 Å². The molecule has 2 heterocycles. The summed E-state index contributed by atoms with van der Waals surface area (Å²) in [6.07, 6.45) is 2.14. The predicted molar refractivity (Wildman–Crippen MR) is 61.9 cm³/mol. The lowest BCUT2D eigenvalue weighted by atomic mass is 10.1. The van der Waals surface area contributed by atoms with Gasteiger partial charge in [0, 0.05) is 18.9 Å². The fourth-order valence-corrected chi connectivity index (χ4v) is 1.81. The lowest BCUT2D eigenvalue weighted by Gasteiger charge is -2.15. The van der Waals surface area contributed by atoms with Crippen molar-refractivity contribution < 1.29 is 14.7 Å². The van der Waals surface area contributed by atoms with Crippen LogP contribution in [0.25, 0.3) is 0 Å². The van der Waals surface area contributed by atoms with Crippen LogP contribution in [0.3, 0.4) is 0 Å². The molecule has 17 heavy (non-hydrogen) atoms. The largest absolute Gasteiger partial charge is 0.477 e. The quantitative estimate of drug-likeness (QED) is 0.798. The maximum absolute atomic E-state index is 11.7. The summed E-state index contributed by atoms with van der Waals surface area (Å²) >= 11 is 0. The van der Waals surface area contributed by atoms with Gasteiger partial charge in [-0.1, -0.05) is 12.1 Å².